The summed E-state index contributed by atoms with van der Waals surface area (Å²) in [6.45, 7) is 5.32. The van der Waals surface area contributed by atoms with Crippen LogP contribution in [-0.2, 0) is 0 Å². The maximum absolute atomic E-state index is 5.02. The van der Waals surface area contributed by atoms with Gasteiger partial charge in [-0.3, -0.25) is 0 Å². The van der Waals surface area contributed by atoms with Gasteiger partial charge in [0.1, 0.15) is 4.32 Å². The number of hydrogen-bond acceptors (Lipinski definition) is 2. The minimum atomic E-state index is 0. The Morgan fingerprint density at radius 2 is 2.09 bits per heavy atom. The zero-order valence-electron chi connectivity index (χ0n) is 7.64. The Morgan fingerprint density at radius 1 is 1.45 bits per heavy atom. The van der Waals surface area contributed by atoms with Gasteiger partial charge >= 0.3 is 0 Å². The predicted molar refractivity (Wildman–Crippen MR) is 59.4 cm³/mol. The van der Waals surface area contributed by atoms with Crippen LogP contribution in [-0.4, -0.2) is 46.2 Å². The molecule has 0 amide bonds. The van der Waals surface area contributed by atoms with Crippen LogP contribution in [0.25, 0.3) is 0 Å². The van der Waals surface area contributed by atoms with E-state index in [4.69, 9.17) is 12.2 Å². The van der Waals surface area contributed by atoms with E-state index in [1.165, 1.54) is 12.8 Å². The zero-order chi connectivity index (χ0) is 7.82. The number of unbranched alkanes of at least 4 members (excludes halogenated alkanes) is 1. The molecule has 0 unspecified atom stereocenters. The molecule has 11 heavy (non-hydrogen) atoms. The van der Waals surface area contributed by atoms with Crippen LogP contribution >= 0.6 is 24.0 Å². The van der Waals surface area contributed by atoms with Crippen molar-refractivity contribution in [2.45, 2.75) is 26.7 Å². The first-order valence-corrected chi connectivity index (χ1v) is 5.11. The zero-order valence-corrected chi connectivity index (χ0v) is 11.3. The molecule has 0 spiro atoms. The molecule has 0 aliphatic rings. The summed E-state index contributed by atoms with van der Waals surface area (Å²) < 4.78 is 0.941. The van der Waals surface area contributed by atoms with Crippen LogP contribution in [0.5, 0.6) is 0 Å². The molecule has 4 heteroatoms. The molecule has 0 atom stereocenters. The Hall–Kier alpha value is 1.24. The van der Waals surface area contributed by atoms with Gasteiger partial charge in [0, 0.05) is 36.1 Å². The predicted octanol–water partition coefficient (Wildman–Crippen LogP) is 2.03. The smallest absolute Gasteiger partial charge is 0.133 e. The average molecular weight is 200 g/mol. The second-order valence-corrected chi connectivity index (χ2v) is 3.94. The van der Waals surface area contributed by atoms with Gasteiger partial charge in [0.2, 0.25) is 0 Å². The molecule has 0 saturated carbocycles. The van der Waals surface area contributed by atoms with Crippen LogP contribution in [0.15, 0.2) is 0 Å². The van der Waals surface area contributed by atoms with Gasteiger partial charge in [-0.1, -0.05) is 44.2 Å². The third kappa shape index (κ3) is 11.2. The van der Waals surface area contributed by atoms with E-state index < -0.39 is 0 Å². The number of hydrogen-bond donors (Lipinski definition) is 1. The van der Waals surface area contributed by atoms with Crippen LogP contribution in [0, 0.1) is 0 Å². The van der Waals surface area contributed by atoms with Crippen molar-refractivity contribution in [3.8, 4) is 0 Å². The first-order valence-electron chi connectivity index (χ1n) is 3.71. The number of rotatable bonds is 4. The van der Waals surface area contributed by atoms with Crippen molar-refractivity contribution in [3.05, 3.63) is 0 Å². The minimum absolute atomic E-state index is 0. The van der Waals surface area contributed by atoms with Crippen molar-refractivity contribution in [2.75, 3.05) is 12.3 Å². The minimum Gasteiger partial charge on any atom is -0.371 e. The van der Waals surface area contributed by atoms with Gasteiger partial charge < -0.3 is 5.32 Å². The molecule has 0 aromatic carbocycles. The molecule has 0 saturated heterocycles. The summed E-state index contributed by atoms with van der Waals surface area (Å²) in [6, 6.07) is 0. The first kappa shape index (κ1) is 14.7. The standard InChI is InChI=1S/C7H15NS2.Na/c1-3-5-6-8-7(9)10-4-2;/h3-6H2,1-2H3,(H,8,9);. The van der Waals surface area contributed by atoms with Gasteiger partial charge in [0.15, 0.2) is 0 Å². The van der Waals surface area contributed by atoms with Gasteiger partial charge in [-0.2, -0.15) is 0 Å². The Kier molecular flexibility index (Phi) is 15.1. The largest absolute Gasteiger partial charge is 0.371 e. The van der Waals surface area contributed by atoms with Gasteiger partial charge in [-0.05, 0) is 12.2 Å². The Balaban J connectivity index is 0. The van der Waals surface area contributed by atoms with Crippen molar-refractivity contribution >= 4 is 57.9 Å². The molecular formula is C7H15NNaS2. The van der Waals surface area contributed by atoms with Crippen LogP contribution in [0.3, 0.4) is 0 Å². The van der Waals surface area contributed by atoms with Crippen molar-refractivity contribution < 1.29 is 0 Å². The number of nitrogens with one attached hydrogen (secondary N) is 1. The molecule has 0 heterocycles. The maximum Gasteiger partial charge on any atom is 0.133 e. The summed E-state index contributed by atoms with van der Waals surface area (Å²) >= 11 is 6.72. The normalized spacial score (nSPS) is 8.55. The molecule has 61 valence electrons. The molecule has 0 aliphatic heterocycles. The van der Waals surface area contributed by atoms with Crippen LogP contribution < -0.4 is 5.32 Å². The fourth-order valence-electron chi connectivity index (χ4n) is 0.549. The Bertz CT molecular complexity index is 98.4. The Labute approximate surface area is 101 Å². The van der Waals surface area contributed by atoms with E-state index in [-0.39, 0.29) is 29.6 Å². The molecule has 0 aliphatic carbocycles. The molecular weight excluding hydrogens is 185 g/mol. The molecule has 0 aromatic rings. The van der Waals surface area contributed by atoms with Crippen molar-refractivity contribution in [1.29, 1.82) is 0 Å². The first-order chi connectivity index (χ1) is 4.81. The molecule has 1 nitrogen and oxygen atoms in total. The second kappa shape index (κ2) is 11.2. The summed E-state index contributed by atoms with van der Waals surface area (Å²) in [7, 11) is 0. The van der Waals surface area contributed by atoms with E-state index in [0.29, 0.717) is 0 Å². The molecule has 1 N–H and O–H groups in total. The van der Waals surface area contributed by atoms with Crippen LogP contribution in [0.2, 0.25) is 0 Å². The van der Waals surface area contributed by atoms with Gasteiger partial charge in [0.25, 0.3) is 0 Å². The van der Waals surface area contributed by atoms with E-state index in [2.05, 4.69) is 19.2 Å². The third-order valence-corrected chi connectivity index (χ3v) is 2.27. The van der Waals surface area contributed by atoms with Crippen molar-refractivity contribution in [1.82, 2.24) is 5.32 Å². The van der Waals surface area contributed by atoms with E-state index in [1.807, 2.05) is 0 Å². The Morgan fingerprint density at radius 3 is 2.55 bits per heavy atom. The summed E-state index contributed by atoms with van der Waals surface area (Å²) in [4.78, 5) is 0. The maximum atomic E-state index is 5.02. The SMILES string of the molecule is CCCCNC(=S)SCC.[Na]. The van der Waals surface area contributed by atoms with E-state index >= 15 is 0 Å². The topological polar surface area (TPSA) is 12.0 Å². The third-order valence-electron chi connectivity index (χ3n) is 1.08. The second-order valence-electron chi connectivity index (χ2n) is 2.00. The van der Waals surface area contributed by atoms with Gasteiger partial charge in [-0.25, -0.2) is 0 Å². The fraction of sp³-hybridized carbons (Fsp3) is 0.857. The van der Waals surface area contributed by atoms with Crippen LogP contribution in [0.4, 0.5) is 0 Å². The van der Waals surface area contributed by atoms with E-state index in [0.717, 1.165) is 16.6 Å². The van der Waals surface area contributed by atoms with Gasteiger partial charge in [-0.15, -0.1) is 0 Å². The summed E-state index contributed by atoms with van der Waals surface area (Å²) in [6.07, 6.45) is 2.44. The van der Waals surface area contributed by atoms with Gasteiger partial charge in [0.05, 0.1) is 0 Å². The molecule has 0 aromatic heterocycles. The summed E-state index contributed by atoms with van der Waals surface area (Å²) in [5.74, 6) is 1.07. The number of thioether (sulfide) groups is 1. The average Bonchev–Trinajstić information content (AvgIpc) is 1.89. The van der Waals surface area contributed by atoms with E-state index in [9.17, 15) is 0 Å². The summed E-state index contributed by atoms with van der Waals surface area (Å²) in [5.41, 5.74) is 0. The summed E-state index contributed by atoms with van der Waals surface area (Å²) in [5, 5.41) is 3.18. The van der Waals surface area contributed by atoms with Crippen LogP contribution in [0.1, 0.15) is 26.7 Å². The monoisotopic (exact) mass is 200 g/mol. The van der Waals surface area contributed by atoms with Crippen molar-refractivity contribution in [2.24, 2.45) is 0 Å². The quantitative estimate of drug-likeness (QED) is 0.424. The molecule has 0 rings (SSSR count). The molecule has 0 bridgehead atoms. The molecule has 1 radical (unpaired) electrons. The molecule has 0 fully saturated rings. The van der Waals surface area contributed by atoms with E-state index in [1.54, 1.807) is 11.8 Å². The van der Waals surface area contributed by atoms with Crippen molar-refractivity contribution in [3.63, 3.8) is 0 Å². The number of thiocarbonyl (C=S) groups is 1. The fourth-order valence-corrected chi connectivity index (χ4v) is 1.47.